The molecule has 28 heavy (non-hydrogen) atoms. The molecular weight excluding hydrogens is 348 g/mol. The lowest BCUT2D eigenvalue weighted by molar-refractivity contribution is 0.0752. The lowest BCUT2D eigenvalue weighted by Crippen LogP contribution is -2.30. The Balaban J connectivity index is 1.73. The summed E-state index contributed by atoms with van der Waals surface area (Å²) in [5.74, 6) is 0.652. The van der Waals surface area contributed by atoms with Crippen LogP contribution < -0.4 is 10.2 Å². The normalized spacial score (nSPS) is 10.4. The van der Waals surface area contributed by atoms with E-state index >= 15 is 0 Å². The van der Waals surface area contributed by atoms with Gasteiger partial charge in [0.1, 0.15) is 5.82 Å². The van der Waals surface area contributed by atoms with Crippen LogP contribution in [0.4, 0.5) is 17.2 Å². The molecule has 2 aromatic carbocycles. The molecule has 0 aliphatic carbocycles. The van der Waals surface area contributed by atoms with Gasteiger partial charge in [0.15, 0.2) is 0 Å². The van der Waals surface area contributed by atoms with E-state index in [1.807, 2.05) is 85.4 Å². The van der Waals surface area contributed by atoms with Crippen molar-refractivity contribution in [3.63, 3.8) is 0 Å². The first-order chi connectivity index (χ1) is 13.6. The third kappa shape index (κ3) is 4.88. The number of hydrogen-bond donors (Lipinski definition) is 1. The zero-order valence-corrected chi connectivity index (χ0v) is 16.6. The second kappa shape index (κ2) is 9.04. The summed E-state index contributed by atoms with van der Waals surface area (Å²) >= 11 is 0. The van der Waals surface area contributed by atoms with Gasteiger partial charge in [0, 0.05) is 50.3 Å². The van der Waals surface area contributed by atoms with Crippen molar-refractivity contribution in [2.45, 2.75) is 13.5 Å². The molecule has 1 heterocycles. The number of anilines is 3. The lowest BCUT2D eigenvalue weighted by atomic mass is 10.1. The van der Waals surface area contributed by atoms with Crippen LogP contribution in [0.5, 0.6) is 0 Å². The number of carbonyl (C=O) groups is 1. The zero-order valence-electron chi connectivity index (χ0n) is 16.6. The van der Waals surface area contributed by atoms with Crippen LogP contribution in [-0.4, -0.2) is 36.4 Å². The molecule has 3 aromatic rings. The van der Waals surface area contributed by atoms with Gasteiger partial charge in [-0.15, -0.1) is 0 Å². The molecule has 5 heteroatoms. The van der Waals surface area contributed by atoms with Gasteiger partial charge in [-0.1, -0.05) is 30.3 Å². The summed E-state index contributed by atoms with van der Waals surface area (Å²) in [6, 6.07) is 21.7. The lowest BCUT2D eigenvalue weighted by Gasteiger charge is -2.21. The molecule has 3 rings (SSSR count). The number of benzene rings is 2. The van der Waals surface area contributed by atoms with E-state index in [0.717, 1.165) is 16.9 Å². The number of hydrogen-bond acceptors (Lipinski definition) is 4. The summed E-state index contributed by atoms with van der Waals surface area (Å²) in [6.45, 7) is 3.23. The minimum absolute atomic E-state index is 0.000223. The topological polar surface area (TPSA) is 48.5 Å². The third-order valence-electron chi connectivity index (χ3n) is 4.55. The van der Waals surface area contributed by atoms with Crippen molar-refractivity contribution < 1.29 is 4.79 Å². The van der Waals surface area contributed by atoms with E-state index in [2.05, 4.69) is 10.3 Å². The molecule has 0 saturated heterocycles. The van der Waals surface area contributed by atoms with E-state index in [1.54, 1.807) is 18.3 Å². The molecule has 0 radical (unpaired) electrons. The molecule has 144 valence electrons. The van der Waals surface area contributed by atoms with Crippen LogP contribution >= 0.6 is 0 Å². The smallest absolute Gasteiger partial charge is 0.254 e. The van der Waals surface area contributed by atoms with Crippen LogP contribution in [0.1, 0.15) is 22.8 Å². The summed E-state index contributed by atoms with van der Waals surface area (Å²) in [4.78, 5) is 21.2. The van der Waals surface area contributed by atoms with E-state index in [9.17, 15) is 4.79 Å². The molecule has 5 nitrogen and oxygen atoms in total. The summed E-state index contributed by atoms with van der Waals surface area (Å²) in [5, 5.41) is 3.27. The van der Waals surface area contributed by atoms with E-state index in [4.69, 9.17) is 0 Å². The van der Waals surface area contributed by atoms with E-state index in [0.29, 0.717) is 24.5 Å². The fourth-order valence-electron chi connectivity index (χ4n) is 2.94. The van der Waals surface area contributed by atoms with Crippen LogP contribution in [0.3, 0.4) is 0 Å². The molecule has 0 aliphatic rings. The number of rotatable bonds is 7. The Kier molecular flexibility index (Phi) is 6.27. The van der Waals surface area contributed by atoms with Crippen molar-refractivity contribution in [1.82, 2.24) is 9.88 Å². The molecule has 1 amide bonds. The first-order valence-electron chi connectivity index (χ1n) is 9.40. The highest BCUT2D eigenvalue weighted by molar-refractivity contribution is 5.95. The van der Waals surface area contributed by atoms with Gasteiger partial charge >= 0.3 is 0 Å². The zero-order chi connectivity index (χ0) is 19.9. The molecule has 1 N–H and O–H groups in total. The quantitative estimate of drug-likeness (QED) is 0.659. The van der Waals surface area contributed by atoms with Crippen LogP contribution in [-0.2, 0) is 6.54 Å². The van der Waals surface area contributed by atoms with Crippen LogP contribution in [0.25, 0.3) is 0 Å². The van der Waals surface area contributed by atoms with Crippen molar-refractivity contribution in [2.75, 3.05) is 30.9 Å². The van der Waals surface area contributed by atoms with E-state index in [-0.39, 0.29) is 5.91 Å². The summed E-state index contributed by atoms with van der Waals surface area (Å²) in [5.41, 5.74) is 3.80. The fourth-order valence-corrected chi connectivity index (χ4v) is 2.94. The maximum Gasteiger partial charge on any atom is 0.254 e. The molecule has 0 aliphatic heterocycles. The average Bonchev–Trinajstić information content (AvgIpc) is 2.73. The number of nitrogens with zero attached hydrogens (tertiary/aromatic N) is 3. The average molecular weight is 374 g/mol. The molecule has 0 saturated carbocycles. The minimum atomic E-state index is -0.000223. The predicted molar refractivity (Wildman–Crippen MR) is 115 cm³/mol. The SMILES string of the molecule is CCN(Cc1ccccc1)C(=O)c1ccnc(Nc2ccc(N(C)C)cc2)c1. The van der Waals surface area contributed by atoms with Gasteiger partial charge in [-0.2, -0.15) is 0 Å². The monoisotopic (exact) mass is 374 g/mol. The second-order valence-corrected chi connectivity index (χ2v) is 6.80. The van der Waals surface area contributed by atoms with Gasteiger partial charge in [0.05, 0.1) is 0 Å². The Morgan fingerprint density at radius 1 is 1.00 bits per heavy atom. The Morgan fingerprint density at radius 2 is 1.71 bits per heavy atom. The minimum Gasteiger partial charge on any atom is -0.378 e. The first-order valence-corrected chi connectivity index (χ1v) is 9.40. The van der Waals surface area contributed by atoms with Crippen molar-refractivity contribution in [2.24, 2.45) is 0 Å². The van der Waals surface area contributed by atoms with Gasteiger partial charge < -0.3 is 15.1 Å². The first kappa shape index (κ1) is 19.4. The van der Waals surface area contributed by atoms with Gasteiger partial charge in [-0.25, -0.2) is 4.98 Å². The highest BCUT2D eigenvalue weighted by Crippen LogP contribution is 2.20. The molecule has 0 atom stereocenters. The van der Waals surface area contributed by atoms with Gasteiger partial charge in [0.2, 0.25) is 0 Å². The Hall–Kier alpha value is -3.34. The molecule has 1 aromatic heterocycles. The Morgan fingerprint density at radius 3 is 2.36 bits per heavy atom. The van der Waals surface area contributed by atoms with Gasteiger partial charge in [-0.3, -0.25) is 4.79 Å². The van der Waals surface area contributed by atoms with Crippen LogP contribution in [0, 0.1) is 0 Å². The highest BCUT2D eigenvalue weighted by Gasteiger charge is 2.15. The fraction of sp³-hybridized carbons (Fsp3) is 0.217. The summed E-state index contributed by atoms with van der Waals surface area (Å²) in [6.07, 6.45) is 1.67. The molecule has 0 bridgehead atoms. The van der Waals surface area contributed by atoms with E-state index in [1.165, 1.54) is 0 Å². The van der Waals surface area contributed by atoms with Crippen molar-refractivity contribution in [3.05, 3.63) is 84.1 Å². The van der Waals surface area contributed by atoms with Crippen molar-refractivity contribution in [3.8, 4) is 0 Å². The van der Waals surface area contributed by atoms with E-state index < -0.39 is 0 Å². The van der Waals surface area contributed by atoms with Crippen LogP contribution in [0.2, 0.25) is 0 Å². The maximum atomic E-state index is 13.0. The van der Waals surface area contributed by atoms with Gasteiger partial charge in [-0.05, 0) is 48.9 Å². The van der Waals surface area contributed by atoms with Gasteiger partial charge in [0.25, 0.3) is 5.91 Å². The molecule has 0 unspecified atom stereocenters. The number of amides is 1. The van der Waals surface area contributed by atoms with Crippen molar-refractivity contribution in [1.29, 1.82) is 0 Å². The molecule has 0 fully saturated rings. The third-order valence-corrected chi connectivity index (χ3v) is 4.55. The number of pyridine rings is 1. The second-order valence-electron chi connectivity index (χ2n) is 6.80. The highest BCUT2D eigenvalue weighted by atomic mass is 16.2. The summed E-state index contributed by atoms with van der Waals surface area (Å²) < 4.78 is 0. The number of nitrogens with one attached hydrogen (secondary N) is 1. The largest absolute Gasteiger partial charge is 0.378 e. The van der Waals surface area contributed by atoms with Crippen LogP contribution in [0.15, 0.2) is 72.9 Å². The molecule has 0 spiro atoms. The number of aromatic nitrogens is 1. The Labute approximate surface area is 166 Å². The predicted octanol–water partition coefficient (Wildman–Crippen LogP) is 4.55. The molecular formula is C23H26N4O. The standard InChI is InChI=1S/C23H26N4O/c1-4-27(17-18-8-6-5-7-9-18)23(28)19-14-15-24-22(16-19)25-20-10-12-21(13-11-20)26(2)3/h5-16H,4,17H2,1-3H3,(H,24,25). The Bertz CT molecular complexity index is 907. The maximum absolute atomic E-state index is 13.0. The summed E-state index contributed by atoms with van der Waals surface area (Å²) in [7, 11) is 4.02. The number of carbonyl (C=O) groups excluding carboxylic acids is 1. The van der Waals surface area contributed by atoms with Crippen molar-refractivity contribution >= 4 is 23.1 Å².